The van der Waals surface area contributed by atoms with E-state index in [4.69, 9.17) is 23.2 Å². The number of rotatable bonds is 2. The summed E-state index contributed by atoms with van der Waals surface area (Å²) in [6.07, 6.45) is 2.17. The maximum atomic E-state index is 12.1. The maximum absolute atomic E-state index is 12.1. The smallest absolute Gasteiger partial charge is 0.282 e. The lowest BCUT2D eigenvalue weighted by Crippen LogP contribution is -2.10. The fourth-order valence-electron chi connectivity index (χ4n) is 1.48. The van der Waals surface area contributed by atoms with Gasteiger partial charge in [-0.1, -0.05) is 40.9 Å². The zero-order chi connectivity index (χ0) is 14.9. The van der Waals surface area contributed by atoms with Crippen LogP contribution in [0.25, 0.3) is 0 Å². The molecule has 0 heterocycles. The molecule has 7 heteroatoms. The van der Waals surface area contributed by atoms with Crippen LogP contribution in [0.15, 0.2) is 55.8 Å². The fourth-order valence-corrected chi connectivity index (χ4v) is 2.88. The molecule has 0 saturated heterocycles. The SMILES string of the molecule is Cc1ccc(S(=O)(=O)/N=C2\C=C(Cl)C(=O)C=C2Cl)cc1. The molecule has 0 amide bonds. The number of aryl methyl sites for hydroxylation is 1. The number of halogens is 2. The van der Waals surface area contributed by atoms with Gasteiger partial charge in [-0.05, 0) is 25.1 Å². The van der Waals surface area contributed by atoms with Crippen molar-refractivity contribution in [3.8, 4) is 0 Å². The normalized spacial score (nSPS) is 17.9. The molecule has 0 aliphatic heterocycles. The molecule has 2 rings (SSSR count). The van der Waals surface area contributed by atoms with E-state index in [1.165, 1.54) is 12.1 Å². The van der Waals surface area contributed by atoms with Crippen molar-refractivity contribution in [3.63, 3.8) is 0 Å². The van der Waals surface area contributed by atoms with Crippen molar-refractivity contribution in [1.82, 2.24) is 0 Å². The molecule has 1 aliphatic carbocycles. The molecule has 20 heavy (non-hydrogen) atoms. The minimum absolute atomic E-state index is 0.0430. The fraction of sp³-hybridized carbons (Fsp3) is 0.0769. The van der Waals surface area contributed by atoms with Gasteiger partial charge in [0.1, 0.15) is 0 Å². The summed E-state index contributed by atoms with van der Waals surface area (Å²) in [5.74, 6) is -0.483. The number of ketones is 1. The first-order chi connectivity index (χ1) is 9.29. The number of hydrogen-bond acceptors (Lipinski definition) is 3. The largest absolute Gasteiger partial charge is 0.288 e. The number of nitrogens with zero attached hydrogens (tertiary/aromatic N) is 1. The van der Waals surface area contributed by atoms with E-state index < -0.39 is 15.8 Å². The van der Waals surface area contributed by atoms with Crippen LogP contribution in [0.2, 0.25) is 0 Å². The standard InChI is InChI=1S/C13H9Cl2NO3S/c1-8-2-4-9(5-3-8)20(18,19)16-12-6-11(15)13(17)7-10(12)14/h2-7H,1H3/b16-12+. The highest BCUT2D eigenvalue weighted by Gasteiger charge is 2.20. The molecular formula is C13H9Cl2NO3S. The molecule has 0 aromatic heterocycles. The molecule has 4 nitrogen and oxygen atoms in total. The summed E-state index contributed by atoms with van der Waals surface area (Å²) in [4.78, 5) is 11.3. The van der Waals surface area contributed by atoms with Crippen LogP contribution in [0.5, 0.6) is 0 Å². The number of carbonyl (C=O) groups is 1. The molecule has 1 aliphatic rings. The average molecular weight is 330 g/mol. The van der Waals surface area contributed by atoms with Gasteiger partial charge in [-0.2, -0.15) is 12.8 Å². The Morgan fingerprint density at radius 2 is 1.60 bits per heavy atom. The molecular weight excluding hydrogens is 321 g/mol. The Labute approximate surface area is 126 Å². The highest BCUT2D eigenvalue weighted by molar-refractivity contribution is 7.90. The summed E-state index contributed by atoms with van der Waals surface area (Å²) < 4.78 is 27.8. The molecule has 0 N–H and O–H groups in total. The summed E-state index contributed by atoms with van der Waals surface area (Å²) >= 11 is 11.5. The number of carbonyl (C=O) groups excluding carboxylic acids is 1. The van der Waals surface area contributed by atoms with Crippen molar-refractivity contribution >= 4 is 44.7 Å². The van der Waals surface area contributed by atoms with Crippen molar-refractivity contribution in [2.24, 2.45) is 4.40 Å². The molecule has 0 saturated carbocycles. The van der Waals surface area contributed by atoms with Gasteiger partial charge >= 0.3 is 0 Å². The van der Waals surface area contributed by atoms with Gasteiger partial charge in [-0.15, -0.1) is 0 Å². The zero-order valence-corrected chi connectivity index (χ0v) is 12.6. The predicted molar refractivity (Wildman–Crippen MR) is 78.7 cm³/mol. The van der Waals surface area contributed by atoms with E-state index >= 15 is 0 Å². The van der Waals surface area contributed by atoms with Crippen molar-refractivity contribution in [2.75, 3.05) is 0 Å². The Bertz CT molecular complexity index is 759. The van der Waals surface area contributed by atoms with Gasteiger partial charge in [0.05, 0.1) is 20.7 Å². The first-order valence-corrected chi connectivity index (χ1v) is 7.70. The van der Waals surface area contributed by atoms with Crippen molar-refractivity contribution in [1.29, 1.82) is 0 Å². The Morgan fingerprint density at radius 1 is 1.00 bits per heavy atom. The van der Waals surface area contributed by atoms with Crippen LogP contribution in [-0.4, -0.2) is 19.9 Å². The highest BCUT2D eigenvalue weighted by Crippen LogP contribution is 2.21. The molecule has 0 radical (unpaired) electrons. The lowest BCUT2D eigenvalue weighted by molar-refractivity contribution is -0.110. The van der Waals surface area contributed by atoms with Crippen LogP contribution >= 0.6 is 23.2 Å². The second kappa shape index (κ2) is 5.52. The van der Waals surface area contributed by atoms with E-state index in [0.717, 1.165) is 17.7 Å². The van der Waals surface area contributed by atoms with E-state index in [9.17, 15) is 13.2 Å². The van der Waals surface area contributed by atoms with Crippen molar-refractivity contribution < 1.29 is 13.2 Å². The van der Waals surface area contributed by atoms with Crippen LogP contribution in [0.3, 0.4) is 0 Å². The number of allylic oxidation sites excluding steroid dienone is 4. The second-order valence-electron chi connectivity index (χ2n) is 4.11. The topological polar surface area (TPSA) is 63.6 Å². The maximum Gasteiger partial charge on any atom is 0.282 e. The van der Waals surface area contributed by atoms with Gasteiger partial charge in [0, 0.05) is 6.08 Å². The summed E-state index contributed by atoms with van der Waals surface area (Å²) in [5, 5.41) is -0.192. The first-order valence-electron chi connectivity index (χ1n) is 5.50. The lowest BCUT2D eigenvalue weighted by Gasteiger charge is -2.07. The van der Waals surface area contributed by atoms with Gasteiger partial charge < -0.3 is 0 Å². The van der Waals surface area contributed by atoms with Crippen LogP contribution in [0, 0.1) is 6.92 Å². The van der Waals surface area contributed by atoms with E-state index in [-0.39, 0.29) is 20.7 Å². The Kier molecular flexibility index (Phi) is 4.13. The number of benzene rings is 1. The minimum Gasteiger partial charge on any atom is -0.288 e. The van der Waals surface area contributed by atoms with Crippen LogP contribution in [0.4, 0.5) is 0 Å². The minimum atomic E-state index is -3.90. The van der Waals surface area contributed by atoms with Crippen LogP contribution < -0.4 is 0 Å². The Balaban J connectivity index is 2.46. The zero-order valence-electron chi connectivity index (χ0n) is 10.3. The van der Waals surface area contributed by atoms with Gasteiger partial charge in [0.2, 0.25) is 0 Å². The van der Waals surface area contributed by atoms with E-state index in [2.05, 4.69) is 4.40 Å². The summed E-state index contributed by atoms with van der Waals surface area (Å²) in [7, 11) is -3.90. The molecule has 0 spiro atoms. The van der Waals surface area contributed by atoms with Gasteiger partial charge in [0.15, 0.2) is 5.78 Å². The molecule has 1 aromatic rings. The number of hydrogen-bond donors (Lipinski definition) is 0. The Hall–Kier alpha value is -1.43. The molecule has 0 atom stereocenters. The molecule has 0 fully saturated rings. The first kappa shape index (κ1) is 15.0. The molecule has 104 valence electrons. The summed E-state index contributed by atoms with van der Waals surface area (Å²) in [5.41, 5.74) is 0.873. The number of sulfonamides is 1. The van der Waals surface area contributed by atoms with Crippen molar-refractivity contribution in [2.45, 2.75) is 11.8 Å². The third-order valence-corrected chi connectivity index (χ3v) is 4.44. The molecule has 1 aromatic carbocycles. The Morgan fingerprint density at radius 3 is 2.20 bits per heavy atom. The quantitative estimate of drug-likeness (QED) is 0.783. The van der Waals surface area contributed by atoms with E-state index in [1.54, 1.807) is 12.1 Å². The summed E-state index contributed by atoms with van der Waals surface area (Å²) in [6.45, 7) is 1.84. The van der Waals surface area contributed by atoms with Crippen molar-refractivity contribution in [3.05, 3.63) is 52.0 Å². The van der Waals surface area contributed by atoms with E-state index in [0.29, 0.717) is 0 Å². The predicted octanol–water partition coefficient (Wildman–Crippen LogP) is 2.95. The lowest BCUT2D eigenvalue weighted by atomic mass is 10.1. The van der Waals surface area contributed by atoms with E-state index in [1.807, 2.05) is 6.92 Å². The van der Waals surface area contributed by atoms with Gasteiger partial charge in [-0.3, -0.25) is 4.79 Å². The molecule has 0 unspecified atom stereocenters. The highest BCUT2D eigenvalue weighted by atomic mass is 35.5. The monoisotopic (exact) mass is 329 g/mol. The van der Waals surface area contributed by atoms with Gasteiger partial charge in [-0.25, -0.2) is 0 Å². The summed E-state index contributed by atoms with van der Waals surface area (Å²) in [6, 6.07) is 6.23. The third-order valence-electron chi connectivity index (χ3n) is 2.54. The van der Waals surface area contributed by atoms with Crippen LogP contribution in [-0.2, 0) is 14.8 Å². The molecule has 0 bridgehead atoms. The second-order valence-corrected chi connectivity index (χ2v) is 6.53. The average Bonchev–Trinajstić information content (AvgIpc) is 2.36. The third kappa shape index (κ3) is 3.17. The van der Waals surface area contributed by atoms with Crippen LogP contribution in [0.1, 0.15) is 5.56 Å². The van der Waals surface area contributed by atoms with Gasteiger partial charge in [0.25, 0.3) is 10.0 Å².